The predicted octanol–water partition coefficient (Wildman–Crippen LogP) is 0.162. The van der Waals surface area contributed by atoms with E-state index in [0.29, 0.717) is 30.3 Å². The van der Waals surface area contributed by atoms with Crippen molar-refractivity contribution < 1.29 is 19.4 Å². The van der Waals surface area contributed by atoms with Crippen LogP contribution in [-0.4, -0.2) is 57.3 Å². The molecule has 1 saturated heterocycles. The second-order valence-corrected chi connectivity index (χ2v) is 4.78. The standard InChI is InChI=1S/C10H13N3O4S/c1-6-9(18-12-11-6)10(16)13-2-3-17-7(5-13)4-8(14)15/h7H,2-5H2,1H3,(H,14,15). The van der Waals surface area contributed by atoms with E-state index in [2.05, 4.69) is 9.59 Å². The molecule has 1 amide bonds. The third kappa shape index (κ3) is 2.82. The zero-order valence-electron chi connectivity index (χ0n) is 9.83. The second kappa shape index (κ2) is 5.40. The van der Waals surface area contributed by atoms with Gasteiger partial charge in [-0.3, -0.25) is 9.59 Å². The highest BCUT2D eigenvalue weighted by molar-refractivity contribution is 7.07. The maximum absolute atomic E-state index is 12.2. The number of hydrogen-bond acceptors (Lipinski definition) is 6. The zero-order valence-corrected chi connectivity index (χ0v) is 10.6. The summed E-state index contributed by atoms with van der Waals surface area (Å²) >= 11 is 1.06. The van der Waals surface area contributed by atoms with E-state index in [9.17, 15) is 9.59 Å². The van der Waals surface area contributed by atoms with Crippen molar-refractivity contribution in [2.24, 2.45) is 0 Å². The third-order valence-corrected chi connectivity index (χ3v) is 3.49. The van der Waals surface area contributed by atoms with Gasteiger partial charge < -0.3 is 14.7 Å². The number of carbonyl (C=O) groups excluding carboxylic acids is 1. The van der Waals surface area contributed by atoms with E-state index >= 15 is 0 Å². The lowest BCUT2D eigenvalue weighted by Crippen LogP contribution is -2.46. The molecular weight excluding hydrogens is 258 g/mol. The van der Waals surface area contributed by atoms with Crippen LogP contribution in [0.4, 0.5) is 0 Å². The number of carboxylic acids is 1. The van der Waals surface area contributed by atoms with Crippen LogP contribution in [0.2, 0.25) is 0 Å². The fraction of sp³-hybridized carbons (Fsp3) is 0.600. The lowest BCUT2D eigenvalue weighted by molar-refractivity contribution is -0.141. The summed E-state index contributed by atoms with van der Waals surface area (Å²) in [5.74, 6) is -1.08. The van der Waals surface area contributed by atoms with Crippen LogP contribution < -0.4 is 0 Å². The maximum Gasteiger partial charge on any atom is 0.306 e. The van der Waals surface area contributed by atoms with Crippen molar-refractivity contribution in [1.29, 1.82) is 0 Å². The Kier molecular flexibility index (Phi) is 3.87. The van der Waals surface area contributed by atoms with Gasteiger partial charge in [0, 0.05) is 13.1 Å². The molecule has 98 valence electrons. The van der Waals surface area contributed by atoms with E-state index in [4.69, 9.17) is 9.84 Å². The Bertz CT molecular complexity index is 462. The monoisotopic (exact) mass is 271 g/mol. The normalized spacial score (nSPS) is 19.8. The van der Waals surface area contributed by atoms with Crippen molar-refractivity contribution in [2.45, 2.75) is 19.4 Å². The SMILES string of the molecule is Cc1nnsc1C(=O)N1CCOC(CC(=O)O)C1. The molecule has 0 saturated carbocycles. The minimum Gasteiger partial charge on any atom is -0.481 e. The fourth-order valence-corrected chi connectivity index (χ4v) is 2.42. The van der Waals surface area contributed by atoms with Crippen molar-refractivity contribution in [2.75, 3.05) is 19.7 Å². The quantitative estimate of drug-likeness (QED) is 0.842. The van der Waals surface area contributed by atoms with Crippen LogP contribution in [0.25, 0.3) is 0 Å². The Morgan fingerprint density at radius 1 is 1.61 bits per heavy atom. The number of aryl methyl sites for hydroxylation is 1. The van der Waals surface area contributed by atoms with E-state index in [0.717, 1.165) is 11.5 Å². The van der Waals surface area contributed by atoms with Gasteiger partial charge in [-0.15, -0.1) is 5.10 Å². The van der Waals surface area contributed by atoms with Crippen molar-refractivity contribution >= 4 is 23.4 Å². The average Bonchev–Trinajstić information content (AvgIpc) is 2.74. The molecule has 1 unspecified atom stereocenters. The molecule has 7 nitrogen and oxygen atoms in total. The molecule has 2 heterocycles. The molecule has 0 spiro atoms. The number of aliphatic carboxylic acids is 1. The van der Waals surface area contributed by atoms with Gasteiger partial charge in [0.25, 0.3) is 5.91 Å². The molecule has 1 fully saturated rings. The highest BCUT2D eigenvalue weighted by Crippen LogP contribution is 2.16. The van der Waals surface area contributed by atoms with Gasteiger partial charge >= 0.3 is 5.97 Å². The van der Waals surface area contributed by atoms with Crippen LogP contribution in [0.15, 0.2) is 0 Å². The second-order valence-electron chi connectivity index (χ2n) is 4.03. The Balaban J connectivity index is 2.03. The summed E-state index contributed by atoms with van der Waals surface area (Å²) in [5.41, 5.74) is 0.603. The first kappa shape index (κ1) is 12.9. The summed E-state index contributed by atoms with van der Waals surface area (Å²) < 4.78 is 9.04. The summed E-state index contributed by atoms with van der Waals surface area (Å²) in [4.78, 5) is 24.9. The van der Waals surface area contributed by atoms with Crippen LogP contribution in [0.5, 0.6) is 0 Å². The summed E-state index contributed by atoms with van der Waals surface area (Å²) in [5, 5.41) is 12.5. The van der Waals surface area contributed by atoms with Gasteiger partial charge in [-0.2, -0.15) is 0 Å². The molecule has 0 aliphatic carbocycles. The molecule has 18 heavy (non-hydrogen) atoms. The molecule has 8 heteroatoms. The Labute approximate surface area is 108 Å². The summed E-state index contributed by atoms with van der Waals surface area (Å²) in [7, 11) is 0. The molecule has 0 aromatic carbocycles. The number of ether oxygens (including phenoxy) is 1. The number of carboxylic acid groups (broad SMARTS) is 1. The van der Waals surface area contributed by atoms with E-state index in [1.165, 1.54) is 0 Å². The van der Waals surface area contributed by atoms with E-state index < -0.39 is 12.1 Å². The van der Waals surface area contributed by atoms with Gasteiger partial charge in [0.2, 0.25) is 0 Å². The topological polar surface area (TPSA) is 92.6 Å². The van der Waals surface area contributed by atoms with Gasteiger partial charge in [0.1, 0.15) is 4.88 Å². The van der Waals surface area contributed by atoms with Gasteiger partial charge in [-0.05, 0) is 18.5 Å². The molecule has 2 rings (SSSR count). The van der Waals surface area contributed by atoms with Crippen molar-refractivity contribution in [3.05, 3.63) is 10.6 Å². The number of aromatic nitrogens is 2. The highest BCUT2D eigenvalue weighted by Gasteiger charge is 2.28. The zero-order chi connectivity index (χ0) is 13.1. The average molecular weight is 271 g/mol. The molecule has 1 N–H and O–H groups in total. The number of carbonyl (C=O) groups is 2. The molecule has 1 aromatic rings. The Morgan fingerprint density at radius 2 is 2.39 bits per heavy atom. The molecular formula is C10H13N3O4S. The number of morpholine rings is 1. The highest BCUT2D eigenvalue weighted by atomic mass is 32.1. The predicted molar refractivity (Wildman–Crippen MR) is 62.5 cm³/mol. The number of nitrogens with zero attached hydrogens (tertiary/aromatic N) is 3. The Morgan fingerprint density at radius 3 is 3.00 bits per heavy atom. The van der Waals surface area contributed by atoms with Gasteiger partial charge in [0.15, 0.2) is 0 Å². The van der Waals surface area contributed by atoms with Crippen molar-refractivity contribution in [3.8, 4) is 0 Å². The van der Waals surface area contributed by atoms with E-state index in [1.807, 2.05) is 0 Å². The van der Waals surface area contributed by atoms with Crippen LogP contribution in [-0.2, 0) is 9.53 Å². The third-order valence-electron chi connectivity index (χ3n) is 2.67. The smallest absolute Gasteiger partial charge is 0.306 e. The first-order valence-electron chi connectivity index (χ1n) is 5.49. The first-order valence-corrected chi connectivity index (χ1v) is 6.27. The van der Waals surface area contributed by atoms with Crippen LogP contribution in [0.3, 0.4) is 0 Å². The number of hydrogen-bond donors (Lipinski definition) is 1. The molecule has 1 atom stereocenters. The van der Waals surface area contributed by atoms with Gasteiger partial charge in [-0.25, -0.2) is 0 Å². The number of rotatable bonds is 3. The van der Waals surface area contributed by atoms with Gasteiger partial charge in [-0.1, -0.05) is 4.49 Å². The van der Waals surface area contributed by atoms with Crippen LogP contribution in [0, 0.1) is 6.92 Å². The lowest BCUT2D eigenvalue weighted by Gasteiger charge is -2.31. The van der Waals surface area contributed by atoms with E-state index in [1.54, 1.807) is 11.8 Å². The van der Waals surface area contributed by atoms with Crippen LogP contribution in [0.1, 0.15) is 21.8 Å². The Hall–Kier alpha value is -1.54. The minimum absolute atomic E-state index is 0.0935. The molecule has 0 bridgehead atoms. The summed E-state index contributed by atoms with van der Waals surface area (Å²) in [6.07, 6.45) is -0.537. The van der Waals surface area contributed by atoms with Crippen LogP contribution >= 0.6 is 11.5 Å². The first-order chi connectivity index (χ1) is 8.58. The molecule has 1 aromatic heterocycles. The fourth-order valence-electron chi connectivity index (χ4n) is 1.79. The van der Waals surface area contributed by atoms with Gasteiger partial charge in [0.05, 0.1) is 24.8 Å². The minimum atomic E-state index is -0.926. The molecule has 1 aliphatic rings. The summed E-state index contributed by atoms with van der Waals surface area (Å²) in [6.45, 7) is 2.84. The molecule has 0 radical (unpaired) electrons. The van der Waals surface area contributed by atoms with Crippen molar-refractivity contribution in [3.63, 3.8) is 0 Å². The summed E-state index contributed by atoms with van der Waals surface area (Å²) in [6, 6.07) is 0. The number of amides is 1. The maximum atomic E-state index is 12.2. The lowest BCUT2D eigenvalue weighted by atomic mass is 10.2. The van der Waals surface area contributed by atoms with E-state index in [-0.39, 0.29) is 12.3 Å². The molecule has 1 aliphatic heterocycles. The van der Waals surface area contributed by atoms with Crippen molar-refractivity contribution in [1.82, 2.24) is 14.5 Å². The largest absolute Gasteiger partial charge is 0.481 e.